The van der Waals surface area contributed by atoms with Crippen molar-refractivity contribution in [3.05, 3.63) is 60.1 Å². The summed E-state index contributed by atoms with van der Waals surface area (Å²) in [5.74, 6) is -0.0348. The van der Waals surface area contributed by atoms with E-state index < -0.39 is 9.84 Å². The number of nitrogens with zero attached hydrogens (tertiary/aromatic N) is 3. The fraction of sp³-hybridized carbons (Fsp3) is 0.552. The van der Waals surface area contributed by atoms with E-state index in [4.69, 9.17) is 10.5 Å². The number of aromatic hydroxyl groups is 1. The monoisotopic (exact) mass is 575 g/mol. The third kappa shape index (κ3) is 8.74. The third-order valence-electron chi connectivity index (χ3n) is 7.69. The van der Waals surface area contributed by atoms with Crippen molar-refractivity contribution >= 4 is 15.7 Å². The summed E-state index contributed by atoms with van der Waals surface area (Å²) < 4.78 is 28.3. The molecule has 1 amide bonds. The zero-order valence-electron chi connectivity index (χ0n) is 24.1. The van der Waals surface area contributed by atoms with Gasteiger partial charge in [-0.05, 0) is 57.0 Å². The van der Waals surface area contributed by atoms with Gasteiger partial charge < -0.3 is 25.8 Å². The number of amides is 1. The van der Waals surface area contributed by atoms with Gasteiger partial charge in [0.2, 0.25) is 0 Å². The molecule has 1 aromatic carbocycles. The number of nitrogens with one attached hydrogen (secondary N) is 1. The van der Waals surface area contributed by atoms with Crippen molar-refractivity contribution in [1.29, 1.82) is 0 Å². The van der Waals surface area contributed by atoms with E-state index >= 15 is 0 Å². The maximum atomic E-state index is 12.8. The molecule has 0 aromatic heterocycles. The molecule has 2 heterocycles. The summed E-state index contributed by atoms with van der Waals surface area (Å²) in [6.07, 6.45) is 5.98. The molecule has 11 heteroatoms. The Morgan fingerprint density at radius 2 is 1.93 bits per heavy atom. The standard InChI is InChI=1S/C29H45N5O5S/c1-6-24-20-33(22(4)29(36)31-26(7-2)21(3)30)14-15-34(24)25-10-12-32(13-11-25)19-23-8-9-27(35)28(18-23)39-16-17-40(5,37)38/h7-9,18,24-25,35H,3-4,6,10-17,19-20,30H2,1-2,5H3,(H,31,36)/b26-7-. The normalized spacial score (nSPS) is 19.8. The molecule has 2 aliphatic heterocycles. The van der Waals surface area contributed by atoms with Crippen molar-refractivity contribution in [2.24, 2.45) is 5.73 Å². The Hall–Kier alpha value is -3.02. The first kappa shape index (κ1) is 31.5. The summed E-state index contributed by atoms with van der Waals surface area (Å²) in [6, 6.07) is 6.09. The van der Waals surface area contributed by atoms with Crippen LogP contribution in [0.25, 0.3) is 0 Å². The molecule has 2 saturated heterocycles. The molecule has 40 heavy (non-hydrogen) atoms. The number of benzene rings is 1. The maximum absolute atomic E-state index is 12.8. The fourth-order valence-corrected chi connectivity index (χ4v) is 5.76. The average Bonchev–Trinajstić information content (AvgIpc) is 2.92. The Kier molecular flexibility index (Phi) is 11.1. The van der Waals surface area contributed by atoms with Crippen LogP contribution in [0.15, 0.2) is 54.5 Å². The Labute approximate surface area is 239 Å². The van der Waals surface area contributed by atoms with E-state index in [0.717, 1.165) is 70.4 Å². The van der Waals surface area contributed by atoms with Crippen molar-refractivity contribution in [3.63, 3.8) is 0 Å². The van der Waals surface area contributed by atoms with E-state index in [2.05, 4.69) is 40.1 Å². The number of piperazine rings is 1. The Morgan fingerprint density at radius 1 is 1.23 bits per heavy atom. The molecule has 1 unspecified atom stereocenters. The van der Waals surface area contributed by atoms with Crippen LogP contribution >= 0.6 is 0 Å². The fourth-order valence-electron chi connectivity index (χ4n) is 5.38. The molecule has 0 aliphatic carbocycles. The highest BCUT2D eigenvalue weighted by Crippen LogP contribution is 2.29. The smallest absolute Gasteiger partial charge is 0.271 e. The predicted octanol–water partition coefficient (Wildman–Crippen LogP) is 2.18. The molecule has 1 atom stereocenters. The van der Waals surface area contributed by atoms with Gasteiger partial charge in [-0.15, -0.1) is 0 Å². The molecular weight excluding hydrogens is 530 g/mol. The number of piperidine rings is 1. The maximum Gasteiger partial charge on any atom is 0.271 e. The Balaban J connectivity index is 1.51. The zero-order valence-corrected chi connectivity index (χ0v) is 24.9. The lowest BCUT2D eigenvalue weighted by molar-refractivity contribution is -0.118. The van der Waals surface area contributed by atoms with Gasteiger partial charge in [0.25, 0.3) is 5.91 Å². The van der Waals surface area contributed by atoms with Gasteiger partial charge in [-0.3, -0.25) is 14.6 Å². The molecule has 2 fully saturated rings. The summed E-state index contributed by atoms with van der Waals surface area (Å²) in [7, 11) is -3.13. The highest BCUT2D eigenvalue weighted by atomic mass is 32.2. The topological polar surface area (TPSA) is 128 Å². The Morgan fingerprint density at radius 3 is 2.52 bits per heavy atom. The van der Waals surface area contributed by atoms with Crippen LogP contribution in [0.1, 0.15) is 38.7 Å². The van der Waals surface area contributed by atoms with Gasteiger partial charge in [-0.2, -0.15) is 0 Å². The molecule has 222 valence electrons. The van der Waals surface area contributed by atoms with Crippen LogP contribution < -0.4 is 15.8 Å². The molecule has 2 aliphatic rings. The van der Waals surface area contributed by atoms with Gasteiger partial charge >= 0.3 is 0 Å². The van der Waals surface area contributed by atoms with Gasteiger partial charge in [0.05, 0.1) is 17.1 Å². The van der Waals surface area contributed by atoms with E-state index in [0.29, 0.717) is 34.9 Å². The number of rotatable bonds is 12. The van der Waals surface area contributed by atoms with Gasteiger partial charge in [0.15, 0.2) is 21.3 Å². The zero-order chi connectivity index (χ0) is 29.4. The number of sulfone groups is 1. The van der Waals surface area contributed by atoms with E-state index in [1.165, 1.54) is 0 Å². The van der Waals surface area contributed by atoms with Crippen LogP contribution in [0.4, 0.5) is 0 Å². The first-order valence-corrected chi connectivity index (χ1v) is 15.9. The van der Waals surface area contributed by atoms with E-state index in [1.54, 1.807) is 25.1 Å². The number of phenols is 1. The minimum Gasteiger partial charge on any atom is -0.504 e. The van der Waals surface area contributed by atoms with Gasteiger partial charge in [0, 0.05) is 50.2 Å². The largest absolute Gasteiger partial charge is 0.504 e. The van der Waals surface area contributed by atoms with Gasteiger partial charge in [-0.1, -0.05) is 32.2 Å². The number of hydrogen-bond donors (Lipinski definition) is 3. The van der Waals surface area contributed by atoms with Crippen LogP contribution in [0.2, 0.25) is 0 Å². The second kappa shape index (κ2) is 14.0. The average molecular weight is 576 g/mol. The molecule has 0 bridgehead atoms. The molecular formula is C29H45N5O5S. The first-order valence-electron chi connectivity index (χ1n) is 13.9. The van der Waals surface area contributed by atoms with Crippen LogP contribution in [0.5, 0.6) is 11.5 Å². The summed E-state index contributed by atoms with van der Waals surface area (Å²) >= 11 is 0. The second-order valence-electron chi connectivity index (χ2n) is 10.7. The number of ether oxygens (including phenoxy) is 1. The van der Waals surface area contributed by atoms with Crippen LogP contribution in [0, 0.1) is 0 Å². The molecule has 0 saturated carbocycles. The van der Waals surface area contributed by atoms with Gasteiger partial charge in [-0.25, -0.2) is 8.42 Å². The first-order chi connectivity index (χ1) is 18.9. The minimum absolute atomic E-state index is 0.00536. The molecule has 10 nitrogen and oxygen atoms in total. The highest BCUT2D eigenvalue weighted by Gasteiger charge is 2.34. The molecule has 0 radical (unpaired) electrons. The third-order valence-corrected chi connectivity index (χ3v) is 8.60. The SMILES string of the molecule is C=C(N)/C(=C/C)NC(=O)C(=C)N1CCN(C2CCN(Cc3ccc(O)c(OCCS(C)(=O)=O)c3)CC2)C(CC)C1. The van der Waals surface area contributed by atoms with Crippen LogP contribution in [-0.4, -0.2) is 97.6 Å². The minimum atomic E-state index is -3.13. The predicted molar refractivity (Wildman–Crippen MR) is 158 cm³/mol. The van der Waals surface area contributed by atoms with Crippen molar-refractivity contribution in [2.75, 3.05) is 51.3 Å². The molecule has 0 spiro atoms. The lowest BCUT2D eigenvalue weighted by Crippen LogP contribution is -2.58. The summed E-state index contributed by atoms with van der Waals surface area (Å²) in [6.45, 7) is 16.8. The highest BCUT2D eigenvalue weighted by molar-refractivity contribution is 7.90. The van der Waals surface area contributed by atoms with Gasteiger partial charge in [0.1, 0.15) is 6.61 Å². The number of allylic oxidation sites excluding steroid dienone is 1. The number of phenolic OH excluding ortho intramolecular Hbond substituents is 1. The van der Waals surface area contributed by atoms with Crippen LogP contribution in [0.3, 0.4) is 0 Å². The number of carbonyl (C=O) groups is 1. The lowest BCUT2D eigenvalue weighted by Gasteiger charge is -2.48. The summed E-state index contributed by atoms with van der Waals surface area (Å²) in [5.41, 5.74) is 8.03. The number of carbonyl (C=O) groups excluding carboxylic acids is 1. The lowest BCUT2D eigenvalue weighted by atomic mass is 9.97. The van der Waals surface area contributed by atoms with E-state index in [1.807, 2.05) is 6.07 Å². The Bertz CT molecular complexity index is 1210. The number of nitrogens with two attached hydrogens (primary N) is 1. The molecule has 4 N–H and O–H groups in total. The van der Waals surface area contributed by atoms with Crippen molar-refractivity contribution in [2.45, 2.75) is 51.7 Å². The van der Waals surface area contributed by atoms with E-state index in [-0.39, 0.29) is 24.0 Å². The number of hydrogen-bond acceptors (Lipinski definition) is 9. The van der Waals surface area contributed by atoms with Crippen LogP contribution in [-0.2, 0) is 21.2 Å². The summed E-state index contributed by atoms with van der Waals surface area (Å²) in [5, 5.41) is 12.9. The number of likely N-dealkylation sites (tertiary alicyclic amines) is 1. The molecule has 1 aromatic rings. The summed E-state index contributed by atoms with van der Waals surface area (Å²) in [4.78, 5) is 19.8. The van der Waals surface area contributed by atoms with E-state index in [9.17, 15) is 18.3 Å². The van der Waals surface area contributed by atoms with Crippen molar-refractivity contribution in [1.82, 2.24) is 20.0 Å². The quantitative estimate of drug-likeness (QED) is 0.254. The second-order valence-corrected chi connectivity index (χ2v) is 12.9. The van der Waals surface area contributed by atoms with Crippen molar-refractivity contribution in [3.8, 4) is 11.5 Å². The van der Waals surface area contributed by atoms with Crippen molar-refractivity contribution < 1.29 is 23.1 Å². The molecule has 3 rings (SSSR count).